The van der Waals surface area contributed by atoms with Crippen LogP contribution >= 0.6 is 0 Å². The Bertz CT molecular complexity index is 1260. The van der Waals surface area contributed by atoms with Crippen molar-refractivity contribution in [2.24, 2.45) is 0 Å². The van der Waals surface area contributed by atoms with Crippen LogP contribution in [0, 0.1) is 0 Å². The molecule has 0 aliphatic carbocycles. The van der Waals surface area contributed by atoms with Gasteiger partial charge in [0.1, 0.15) is 5.75 Å². The number of carbonyl (C=O) groups is 2. The van der Waals surface area contributed by atoms with Crippen LogP contribution in [-0.4, -0.2) is 95.6 Å². The van der Waals surface area contributed by atoms with Crippen molar-refractivity contribution in [1.82, 2.24) is 10.2 Å². The van der Waals surface area contributed by atoms with E-state index in [4.69, 9.17) is 19.4 Å². The van der Waals surface area contributed by atoms with E-state index in [-0.39, 0.29) is 10.8 Å². The van der Waals surface area contributed by atoms with Crippen LogP contribution in [0.25, 0.3) is 0 Å². The highest BCUT2D eigenvalue weighted by molar-refractivity contribution is 7.92. The molecule has 11 nitrogen and oxygen atoms in total. The Morgan fingerprint density at radius 3 is 2.20 bits per heavy atom. The molecule has 0 bridgehead atoms. The van der Waals surface area contributed by atoms with Gasteiger partial charge in [-0.05, 0) is 49.4 Å². The Balaban J connectivity index is 0.000000559. The first-order valence-corrected chi connectivity index (χ1v) is 13.9. The van der Waals surface area contributed by atoms with E-state index >= 15 is 0 Å². The second kappa shape index (κ2) is 13.7. The number of carboxylic acids is 1. The summed E-state index contributed by atoms with van der Waals surface area (Å²) in [7, 11) is -3.82. The number of alkyl halides is 3. The van der Waals surface area contributed by atoms with Crippen LogP contribution in [-0.2, 0) is 19.6 Å². The number of carboxylic acid groups (broad SMARTS) is 1. The molecule has 1 amide bonds. The van der Waals surface area contributed by atoms with E-state index in [0.717, 1.165) is 31.9 Å². The summed E-state index contributed by atoms with van der Waals surface area (Å²) in [6.45, 7) is 7.62. The molecule has 0 aromatic heterocycles. The van der Waals surface area contributed by atoms with Gasteiger partial charge in [-0.3, -0.25) is 9.52 Å². The lowest BCUT2D eigenvalue weighted by Gasteiger charge is -2.33. The van der Waals surface area contributed by atoms with Gasteiger partial charge in [-0.25, -0.2) is 13.2 Å². The zero-order chi connectivity index (χ0) is 29.3. The standard InChI is InChI=1S/C23H30N4O5S.C2HF3O2/c1-2-32-19-4-6-20(7-5-19)33(29,30)25-18-3-8-22(26-11-9-24-10-12-26)21(17-18)23(28)27-13-15-31-16-14-27;3-2(4,5)1(6)7/h3-8,17,24-25H,2,9-16H2,1H3;(H,6,7). The molecule has 0 unspecified atom stereocenters. The lowest BCUT2D eigenvalue weighted by molar-refractivity contribution is -0.192. The van der Waals surface area contributed by atoms with E-state index in [1.165, 1.54) is 12.1 Å². The normalized spacial score (nSPS) is 16.0. The van der Waals surface area contributed by atoms with Crippen LogP contribution < -0.4 is 19.7 Å². The van der Waals surface area contributed by atoms with Gasteiger partial charge in [0, 0.05) is 50.6 Å². The number of hydrogen-bond acceptors (Lipinski definition) is 8. The number of piperazine rings is 1. The molecule has 3 N–H and O–H groups in total. The minimum atomic E-state index is -5.08. The van der Waals surface area contributed by atoms with Crippen molar-refractivity contribution in [3.05, 3.63) is 48.0 Å². The van der Waals surface area contributed by atoms with Gasteiger partial charge < -0.3 is 29.7 Å². The van der Waals surface area contributed by atoms with Gasteiger partial charge in [0.25, 0.3) is 15.9 Å². The molecule has 2 aromatic rings. The van der Waals surface area contributed by atoms with Crippen molar-refractivity contribution in [3.8, 4) is 5.75 Å². The molecule has 220 valence electrons. The Morgan fingerprint density at radius 1 is 1.05 bits per heavy atom. The molecule has 2 aromatic carbocycles. The molecular weight excluding hydrogens is 557 g/mol. The minimum absolute atomic E-state index is 0.117. The van der Waals surface area contributed by atoms with Crippen molar-refractivity contribution in [2.45, 2.75) is 18.0 Å². The van der Waals surface area contributed by atoms with E-state index in [0.29, 0.717) is 49.9 Å². The minimum Gasteiger partial charge on any atom is -0.494 e. The SMILES string of the molecule is CCOc1ccc(S(=O)(=O)Nc2ccc(N3CCNCC3)c(C(=O)N3CCOCC3)c2)cc1.O=C(O)C(F)(F)F. The Labute approximate surface area is 229 Å². The average Bonchev–Trinajstić information content (AvgIpc) is 2.94. The molecule has 15 heteroatoms. The third kappa shape index (κ3) is 8.47. The lowest BCUT2D eigenvalue weighted by Crippen LogP contribution is -2.45. The number of halogens is 3. The summed E-state index contributed by atoms with van der Waals surface area (Å²) in [5.74, 6) is -2.27. The number of hydrogen-bond donors (Lipinski definition) is 3. The molecule has 0 atom stereocenters. The summed E-state index contributed by atoms with van der Waals surface area (Å²) in [5.41, 5.74) is 1.65. The molecule has 0 radical (unpaired) electrons. The van der Waals surface area contributed by atoms with E-state index in [9.17, 15) is 26.4 Å². The molecular formula is C25H31F3N4O7S. The number of rotatable bonds is 7. The van der Waals surface area contributed by atoms with Crippen LogP contribution in [0.5, 0.6) is 5.75 Å². The van der Waals surface area contributed by atoms with Crippen LogP contribution in [0.2, 0.25) is 0 Å². The number of morpholine rings is 1. The lowest BCUT2D eigenvalue weighted by atomic mass is 10.1. The maximum absolute atomic E-state index is 13.4. The monoisotopic (exact) mass is 588 g/mol. The average molecular weight is 589 g/mol. The summed E-state index contributed by atoms with van der Waals surface area (Å²) < 4.78 is 71.0. The van der Waals surface area contributed by atoms with Crippen LogP contribution in [0.3, 0.4) is 0 Å². The quantitative estimate of drug-likeness (QED) is 0.445. The number of benzene rings is 2. The number of nitrogens with zero attached hydrogens (tertiary/aromatic N) is 2. The van der Waals surface area contributed by atoms with Crippen molar-refractivity contribution >= 4 is 33.3 Å². The summed E-state index contributed by atoms with van der Waals surface area (Å²) in [6.07, 6.45) is -5.08. The summed E-state index contributed by atoms with van der Waals surface area (Å²) in [5, 5.41) is 10.4. The van der Waals surface area contributed by atoms with Crippen LogP contribution in [0.15, 0.2) is 47.4 Å². The first-order chi connectivity index (χ1) is 18.9. The fourth-order valence-electron chi connectivity index (χ4n) is 3.98. The maximum Gasteiger partial charge on any atom is 0.490 e. The van der Waals surface area contributed by atoms with Gasteiger partial charge in [-0.15, -0.1) is 0 Å². The largest absolute Gasteiger partial charge is 0.494 e. The fourth-order valence-corrected chi connectivity index (χ4v) is 5.03. The Kier molecular flexibility index (Phi) is 10.6. The van der Waals surface area contributed by atoms with Gasteiger partial charge in [0.05, 0.1) is 30.3 Å². The smallest absolute Gasteiger partial charge is 0.490 e. The molecule has 0 saturated carbocycles. The highest BCUT2D eigenvalue weighted by atomic mass is 32.2. The van der Waals surface area contributed by atoms with Gasteiger partial charge in [0.15, 0.2) is 0 Å². The molecule has 40 heavy (non-hydrogen) atoms. The van der Waals surface area contributed by atoms with E-state index in [1.807, 2.05) is 13.0 Å². The third-order valence-electron chi connectivity index (χ3n) is 5.92. The van der Waals surface area contributed by atoms with Gasteiger partial charge in [-0.2, -0.15) is 13.2 Å². The number of carbonyl (C=O) groups excluding carboxylic acids is 1. The van der Waals surface area contributed by atoms with E-state index in [1.54, 1.807) is 29.2 Å². The van der Waals surface area contributed by atoms with E-state index in [2.05, 4.69) is 14.9 Å². The van der Waals surface area contributed by atoms with Gasteiger partial charge in [0.2, 0.25) is 0 Å². The summed E-state index contributed by atoms with van der Waals surface area (Å²) in [6, 6.07) is 11.4. The zero-order valence-corrected chi connectivity index (χ0v) is 22.6. The van der Waals surface area contributed by atoms with Gasteiger partial charge >= 0.3 is 12.1 Å². The predicted octanol–water partition coefficient (Wildman–Crippen LogP) is 2.40. The molecule has 2 saturated heterocycles. The van der Waals surface area contributed by atoms with Crippen molar-refractivity contribution in [1.29, 1.82) is 0 Å². The summed E-state index contributed by atoms with van der Waals surface area (Å²) in [4.78, 5) is 26.3. The highest BCUT2D eigenvalue weighted by Gasteiger charge is 2.38. The van der Waals surface area contributed by atoms with Crippen molar-refractivity contribution < 1.29 is 45.8 Å². The number of nitrogens with one attached hydrogen (secondary N) is 2. The number of anilines is 2. The van der Waals surface area contributed by atoms with Crippen LogP contribution in [0.1, 0.15) is 17.3 Å². The highest BCUT2D eigenvalue weighted by Crippen LogP contribution is 2.28. The fraction of sp³-hybridized carbons (Fsp3) is 0.440. The molecule has 2 fully saturated rings. The first kappa shape index (κ1) is 31.0. The summed E-state index contributed by atoms with van der Waals surface area (Å²) >= 11 is 0. The Hall–Kier alpha value is -3.56. The van der Waals surface area contributed by atoms with Gasteiger partial charge in [-0.1, -0.05) is 0 Å². The molecule has 2 aliphatic heterocycles. The molecule has 2 aliphatic rings. The number of ether oxygens (including phenoxy) is 2. The van der Waals surface area contributed by atoms with E-state index < -0.39 is 22.2 Å². The Morgan fingerprint density at radius 2 is 1.65 bits per heavy atom. The molecule has 4 rings (SSSR count). The number of sulfonamides is 1. The van der Waals surface area contributed by atoms with Crippen molar-refractivity contribution in [2.75, 3.05) is 68.7 Å². The maximum atomic E-state index is 13.4. The predicted molar refractivity (Wildman–Crippen MR) is 140 cm³/mol. The number of aliphatic carboxylic acids is 1. The zero-order valence-electron chi connectivity index (χ0n) is 21.7. The first-order valence-electron chi connectivity index (χ1n) is 12.4. The second-order valence-corrected chi connectivity index (χ2v) is 10.4. The number of amides is 1. The topological polar surface area (TPSA) is 138 Å². The van der Waals surface area contributed by atoms with Crippen molar-refractivity contribution in [3.63, 3.8) is 0 Å². The third-order valence-corrected chi connectivity index (χ3v) is 7.32. The molecule has 0 spiro atoms. The molecule has 2 heterocycles. The van der Waals surface area contributed by atoms with Crippen LogP contribution in [0.4, 0.5) is 24.5 Å². The second-order valence-electron chi connectivity index (χ2n) is 8.69.